The molecule has 2 aromatic rings. The summed E-state index contributed by atoms with van der Waals surface area (Å²) < 4.78 is 5.97. The lowest BCUT2D eigenvalue weighted by atomic mass is 9.87. The van der Waals surface area contributed by atoms with Gasteiger partial charge in [-0.1, -0.05) is 51.1 Å². The summed E-state index contributed by atoms with van der Waals surface area (Å²) in [4.78, 5) is 1.41. The fourth-order valence-electron chi connectivity index (χ4n) is 2.59. The van der Waals surface area contributed by atoms with Gasteiger partial charge in [0.2, 0.25) is 0 Å². The summed E-state index contributed by atoms with van der Waals surface area (Å²) in [5.74, 6) is 0.972. The van der Waals surface area contributed by atoms with E-state index in [-0.39, 0.29) is 5.41 Å². The third-order valence-electron chi connectivity index (χ3n) is 3.87. The van der Waals surface area contributed by atoms with Gasteiger partial charge in [0.05, 0.1) is 0 Å². The summed E-state index contributed by atoms with van der Waals surface area (Å²) in [6.07, 6.45) is 1.11. The number of thioether (sulfide) groups is 1. The van der Waals surface area contributed by atoms with Gasteiger partial charge in [-0.15, -0.1) is 11.8 Å². The molecule has 21 heavy (non-hydrogen) atoms. The number of benzene rings is 2. The van der Waals surface area contributed by atoms with Gasteiger partial charge in [0.1, 0.15) is 12.4 Å². The van der Waals surface area contributed by atoms with E-state index in [9.17, 15) is 0 Å². The van der Waals surface area contributed by atoms with E-state index in [1.807, 2.05) is 11.8 Å². The fraction of sp³-hybridized carbons (Fsp3) is 0.368. The summed E-state index contributed by atoms with van der Waals surface area (Å²) in [5, 5.41) is 0.532. The highest BCUT2D eigenvalue weighted by Gasteiger charge is 2.22. The monoisotopic (exact) mass is 298 g/mol. The van der Waals surface area contributed by atoms with Crippen LogP contribution in [0.5, 0.6) is 5.75 Å². The van der Waals surface area contributed by atoms with Gasteiger partial charge in [-0.25, -0.2) is 0 Å². The van der Waals surface area contributed by atoms with Crippen LogP contribution in [-0.2, 0) is 11.8 Å². The number of fused-ring (bicyclic) bond motifs is 1. The third-order valence-corrected chi connectivity index (χ3v) is 5.16. The normalized spacial score (nSPS) is 17.6. The van der Waals surface area contributed by atoms with Crippen molar-refractivity contribution in [1.29, 1.82) is 0 Å². The van der Waals surface area contributed by atoms with E-state index in [2.05, 4.69) is 69.3 Å². The Morgan fingerprint density at radius 3 is 2.43 bits per heavy atom. The highest BCUT2D eigenvalue weighted by Crippen LogP contribution is 2.37. The van der Waals surface area contributed by atoms with E-state index >= 15 is 0 Å². The molecule has 1 nitrogen and oxygen atoms in total. The molecule has 1 aliphatic rings. The smallest absolute Gasteiger partial charge is 0.119 e. The van der Waals surface area contributed by atoms with Crippen LogP contribution in [0.25, 0.3) is 0 Å². The summed E-state index contributed by atoms with van der Waals surface area (Å²) in [6, 6.07) is 17.2. The molecule has 2 heteroatoms. The van der Waals surface area contributed by atoms with Crippen molar-refractivity contribution in [3.63, 3.8) is 0 Å². The summed E-state index contributed by atoms with van der Waals surface area (Å²) in [5.41, 5.74) is 3.00. The molecule has 1 atom stereocenters. The van der Waals surface area contributed by atoms with Gasteiger partial charge in [-0.3, -0.25) is 0 Å². The molecule has 0 N–H and O–H groups in total. The Morgan fingerprint density at radius 2 is 1.76 bits per heavy atom. The quantitative estimate of drug-likeness (QED) is 0.781. The van der Waals surface area contributed by atoms with Crippen molar-refractivity contribution in [2.24, 2.45) is 0 Å². The van der Waals surface area contributed by atoms with Crippen LogP contribution in [0.2, 0.25) is 0 Å². The van der Waals surface area contributed by atoms with Crippen molar-refractivity contribution in [2.75, 3.05) is 6.61 Å². The van der Waals surface area contributed by atoms with Gasteiger partial charge in [0, 0.05) is 10.1 Å². The molecule has 0 fully saturated rings. The molecule has 0 bridgehead atoms. The first kappa shape index (κ1) is 14.5. The average Bonchev–Trinajstić information content (AvgIpc) is 2.87. The largest absolute Gasteiger partial charge is 0.492 e. The Labute approximate surface area is 131 Å². The molecule has 0 saturated carbocycles. The second-order valence-corrected chi connectivity index (χ2v) is 7.98. The predicted molar refractivity (Wildman–Crippen MR) is 90.4 cm³/mol. The van der Waals surface area contributed by atoms with Crippen molar-refractivity contribution < 1.29 is 4.74 Å². The van der Waals surface area contributed by atoms with Crippen molar-refractivity contribution in [1.82, 2.24) is 0 Å². The van der Waals surface area contributed by atoms with Crippen LogP contribution >= 0.6 is 11.8 Å². The van der Waals surface area contributed by atoms with Gasteiger partial charge < -0.3 is 4.74 Å². The van der Waals surface area contributed by atoms with E-state index in [1.165, 1.54) is 16.0 Å². The van der Waals surface area contributed by atoms with E-state index in [4.69, 9.17) is 4.74 Å². The number of hydrogen-bond acceptors (Lipinski definition) is 2. The Morgan fingerprint density at radius 1 is 1.05 bits per heavy atom. The van der Waals surface area contributed by atoms with Crippen LogP contribution in [0.15, 0.2) is 53.4 Å². The molecule has 0 aliphatic carbocycles. The standard InChI is InChI=1S/C19H22OS/c1-19(2,3)15-8-10-16(11-9-15)20-13-17-12-14-6-4-5-7-18(14)21-17/h4-11,17H,12-13H2,1-3H3. The Bertz CT molecular complexity index is 585. The first-order valence-electron chi connectivity index (χ1n) is 7.50. The first-order chi connectivity index (χ1) is 10.0. The molecule has 1 heterocycles. The molecular weight excluding hydrogens is 276 g/mol. The molecule has 0 radical (unpaired) electrons. The van der Waals surface area contributed by atoms with Gasteiger partial charge in [0.15, 0.2) is 0 Å². The lowest BCUT2D eigenvalue weighted by Gasteiger charge is -2.19. The maximum atomic E-state index is 5.97. The highest BCUT2D eigenvalue weighted by molar-refractivity contribution is 8.00. The zero-order valence-corrected chi connectivity index (χ0v) is 13.7. The third kappa shape index (κ3) is 3.44. The lowest BCUT2D eigenvalue weighted by Crippen LogP contribution is -2.14. The van der Waals surface area contributed by atoms with Crippen LogP contribution in [0.1, 0.15) is 31.9 Å². The average molecular weight is 298 g/mol. The zero-order valence-electron chi connectivity index (χ0n) is 12.9. The van der Waals surface area contributed by atoms with E-state index in [1.54, 1.807) is 0 Å². The molecule has 3 rings (SSSR count). The summed E-state index contributed by atoms with van der Waals surface area (Å²) in [7, 11) is 0. The van der Waals surface area contributed by atoms with Crippen molar-refractivity contribution >= 4 is 11.8 Å². The van der Waals surface area contributed by atoms with Crippen LogP contribution < -0.4 is 4.74 Å². The predicted octanol–water partition coefficient (Wildman–Crippen LogP) is 5.08. The second-order valence-electron chi connectivity index (χ2n) is 6.64. The maximum Gasteiger partial charge on any atom is 0.119 e. The molecular formula is C19H22OS. The van der Waals surface area contributed by atoms with Gasteiger partial charge in [0.25, 0.3) is 0 Å². The molecule has 0 saturated heterocycles. The Kier molecular flexibility index (Phi) is 3.99. The Hall–Kier alpha value is -1.41. The fourth-order valence-corrected chi connectivity index (χ4v) is 3.81. The van der Waals surface area contributed by atoms with E-state index in [0.717, 1.165) is 18.8 Å². The molecule has 2 aromatic carbocycles. The number of ether oxygens (including phenoxy) is 1. The molecule has 0 amide bonds. The Balaban J connectivity index is 1.57. The molecule has 110 valence electrons. The molecule has 1 unspecified atom stereocenters. The van der Waals surface area contributed by atoms with Gasteiger partial charge in [-0.05, 0) is 41.2 Å². The molecule has 1 aliphatic heterocycles. The van der Waals surface area contributed by atoms with Gasteiger partial charge >= 0.3 is 0 Å². The van der Waals surface area contributed by atoms with Crippen LogP contribution in [0.4, 0.5) is 0 Å². The van der Waals surface area contributed by atoms with Crippen LogP contribution in [-0.4, -0.2) is 11.9 Å². The molecule has 0 aromatic heterocycles. The van der Waals surface area contributed by atoms with Crippen molar-refractivity contribution in [3.05, 3.63) is 59.7 Å². The number of hydrogen-bond donors (Lipinski definition) is 0. The van der Waals surface area contributed by atoms with E-state index < -0.39 is 0 Å². The lowest BCUT2D eigenvalue weighted by molar-refractivity contribution is 0.317. The second kappa shape index (κ2) is 5.76. The minimum absolute atomic E-state index is 0.196. The van der Waals surface area contributed by atoms with Crippen LogP contribution in [0, 0.1) is 0 Å². The first-order valence-corrected chi connectivity index (χ1v) is 8.38. The van der Waals surface area contributed by atoms with Gasteiger partial charge in [-0.2, -0.15) is 0 Å². The highest BCUT2D eigenvalue weighted by atomic mass is 32.2. The number of rotatable bonds is 3. The maximum absolute atomic E-state index is 5.97. The summed E-state index contributed by atoms with van der Waals surface area (Å²) in [6.45, 7) is 7.47. The minimum atomic E-state index is 0.196. The van der Waals surface area contributed by atoms with Crippen LogP contribution in [0.3, 0.4) is 0 Å². The van der Waals surface area contributed by atoms with Crippen molar-refractivity contribution in [2.45, 2.75) is 42.8 Å². The molecule has 0 spiro atoms. The van der Waals surface area contributed by atoms with E-state index in [0.29, 0.717) is 5.25 Å². The summed E-state index contributed by atoms with van der Waals surface area (Å²) >= 11 is 1.94. The topological polar surface area (TPSA) is 9.23 Å². The van der Waals surface area contributed by atoms with Crippen molar-refractivity contribution in [3.8, 4) is 5.75 Å². The minimum Gasteiger partial charge on any atom is -0.492 e. The zero-order chi connectivity index (χ0) is 14.9. The SMILES string of the molecule is CC(C)(C)c1ccc(OCC2Cc3ccccc3S2)cc1.